The van der Waals surface area contributed by atoms with Crippen molar-refractivity contribution >= 4 is 49.2 Å². The maximum atomic E-state index is 13.3. The smallest absolute Gasteiger partial charge is 0.299 e. The van der Waals surface area contributed by atoms with Crippen LogP contribution in [0.25, 0.3) is 0 Å². The molecule has 1 fully saturated rings. The highest BCUT2D eigenvalue weighted by Gasteiger charge is 2.48. The first-order chi connectivity index (χ1) is 8.97. The van der Waals surface area contributed by atoms with E-state index in [4.69, 9.17) is 0 Å². The van der Waals surface area contributed by atoms with Gasteiger partial charge in [-0.25, -0.2) is 4.39 Å². The quantitative estimate of drug-likeness (QED) is 0.586. The van der Waals surface area contributed by atoms with Crippen LogP contribution in [0.1, 0.15) is 23.2 Å². The van der Waals surface area contributed by atoms with Crippen molar-refractivity contribution < 1.29 is 14.0 Å². The molecule has 1 amide bonds. The number of ketones is 1. The van der Waals surface area contributed by atoms with Crippen molar-refractivity contribution in [3.05, 3.63) is 28.0 Å². The lowest BCUT2D eigenvalue weighted by Crippen LogP contribution is -2.35. The molecule has 1 aromatic carbocycles. The second-order valence-electron chi connectivity index (χ2n) is 5.14. The van der Waals surface area contributed by atoms with Gasteiger partial charge in [0.2, 0.25) is 0 Å². The number of anilines is 1. The second kappa shape index (κ2) is 4.38. The first kappa shape index (κ1) is 13.2. The van der Waals surface area contributed by atoms with E-state index in [0.29, 0.717) is 16.7 Å². The molecular formula is C13H10Br2FNO2. The van der Waals surface area contributed by atoms with E-state index in [1.54, 1.807) is 0 Å². The molecule has 0 saturated heterocycles. The summed E-state index contributed by atoms with van der Waals surface area (Å²) in [7, 11) is 0. The lowest BCUT2D eigenvalue weighted by atomic mass is 10.1. The molecule has 0 spiro atoms. The number of benzene rings is 1. The predicted octanol–water partition coefficient (Wildman–Crippen LogP) is 3.29. The number of carbonyl (C=O) groups excluding carboxylic acids is 2. The third-order valence-corrected chi connectivity index (χ3v) is 5.51. The van der Waals surface area contributed by atoms with E-state index >= 15 is 0 Å². The van der Waals surface area contributed by atoms with Crippen LogP contribution in [-0.4, -0.2) is 23.6 Å². The fraction of sp³-hybridized carbons (Fsp3) is 0.385. The Morgan fingerprint density at radius 3 is 2.58 bits per heavy atom. The minimum Gasteiger partial charge on any atom is -0.303 e. The summed E-state index contributed by atoms with van der Waals surface area (Å²) in [5, 5.41) is 0.798. The van der Waals surface area contributed by atoms with E-state index in [2.05, 4.69) is 31.9 Å². The molecule has 3 rings (SSSR count). The van der Waals surface area contributed by atoms with Gasteiger partial charge in [-0.05, 0) is 46.3 Å². The molecule has 1 aliphatic carbocycles. The molecule has 0 N–H and O–H groups in total. The first-order valence-corrected chi connectivity index (χ1v) is 7.80. The van der Waals surface area contributed by atoms with E-state index in [1.165, 1.54) is 11.0 Å². The van der Waals surface area contributed by atoms with Gasteiger partial charge < -0.3 is 4.90 Å². The molecule has 19 heavy (non-hydrogen) atoms. The highest BCUT2D eigenvalue weighted by atomic mass is 79.9. The first-order valence-electron chi connectivity index (χ1n) is 5.89. The van der Waals surface area contributed by atoms with E-state index in [0.717, 1.165) is 24.2 Å². The summed E-state index contributed by atoms with van der Waals surface area (Å²) in [6.45, 7) is 0.500. The van der Waals surface area contributed by atoms with Gasteiger partial charge in [0.15, 0.2) is 0 Å². The van der Waals surface area contributed by atoms with E-state index in [1.807, 2.05) is 0 Å². The highest BCUT2D eigenvalue weighted by Crippen LogP contribution is 2.50. The maximum absolute atomic E-state index is 13.3. The van der Waals surface area contributed by atoms with Gasteiger partial charge in [-0.15, -0.1) is 0 Å². The minimum absolute atomic E-state index is 0.0609. The van der Waals surface area contributed by atoms with Crippen LogP contribution in [0.3, 0.4) is 0 Å². The van der Waals surface area contributed by atoms with Gasteiger partial charge in [-0.3, -0.25) is 9.59 Å². The topological polar surface area (TPSA) is 37.4 Å². The number of fused-ring (bicyclic) bond motifs is 1. The zero-order valence-electron chi connectivity index (χ0n) is 9.88. The Kier molecular flexibility index (Phi) is 3.05. The van der Waals surface area contributed by atoms with Crippen molar-refractivity contribution in [2.75, 3.05) is 16.8 Å². The van der Waals surface area contributed by atoms with Gasteiger partial charge in [0.25, 0.3) is 11.7 Å². The van der Waals surface area contributed by atoms with Crippen molar-refractivity contribution in [2.45, 2.75) is 12.8 Å². The van der Waals surface area contributed by atoms with Crippen LogP contribution in [-0.2, 0) is 4.79 Å². The van der Waals surface area contributed by atoms with Crippen LogP contribution in [0.4, 0.5) is 10.1 Å². The molecule has 0 radical (unpaired) electrons. The second-order valence-corrected chi connectivity index (χ2v) is 6.55. The number of hydrogen-bond acceptors (Lipinski definition) is 2. The Hall–Kier alpha value is -0.750. The largest absolute Gasteiger partial charge is 0.303 e. The standard InChI is InChI=1S/C13H10Br2FNO2/c14-5-13(1-2-13)6-17-10-8(11(18)12(17)19)3-7(16)4-9(10)15/h3-4H,1-2,5-6H2. The lowest BCUT2D eigenvalue weighted by molar-refractivity contribution is -0.114. The Morgan fingerprint density at radius 2 is 2.00 bits per heavy atom. The number of rotatable bonds is 3. The predicted molar refractivity (Wildman–Crippen MR) is 76.2 cm³/mol. The lowest BCUT2D eigenvalue weighted by Gasteiger charge is -2.22. The van der Waals surface area contributed by atoms with Gasteiger partial charge in [-0.2, -0.15) is 0 Å². The van der Waals surface area contributed by atoms with Crippen molar-refractivity contribution in [1.82, 2.24) is 0 Å². The van der Waals surface area contributed by atoms with Crippen LogP contribution in [0.15, 0.2) is 16.6 Å². The summed E-state index contributed by atoms with van der Waals surface area (Å²) in [6, 6.07) is 2.42. The van der Waals surface area contributed by atoms with Gasteiger partial charge in [0.05, 0.1) is 11.3 Å². The van der Waals surface area contributed by atoms with Gasteiger partial charge in [-0.1, -0.05) is 15.9 Å². The van der Waals surface area contributed by atoms with Crippen LogP contribution in [0, 0.1) is 11.2 Å². The fourth-order valence-corrected chi connectivity index (χ4v) is 3.73. The molecule has 6 heteroatoms. The van der Waals surface area contributed by atoms with Gasteiger partial charge >= 0.3 is 0 Å². The summed E-state index contributed by atoms with van der Waals surface area (Å²) in [5.74, 6) is -1.70. The Labute approximate surface area is 126 Å². The molecule has 1 heterocycles. The zero-order chi connectivity index (χ0) is 13.8. The third-order valence-electron chi connectivity index (χ3n) is 3.72. The summed E-state index contributed by atoms with van der Waals surface area (Å²) in [6.07, 6.45) is 2.06. The van der Waals surface area contributed by atoms with Gasteiger partial charge in [0.1, 0.15) is 5.82 Å². The van der Waals surface area contributed by atoms with E-state index < -0.39 is 17.5 Å². The number of alkyl halides is 1. The summed E-state index contributed by atoms with van der Waals surface area (Å²) in [4.78, 5) is 25.5. The fourth-order valence-electron chi connectivity index (χ4n) is 2.35. The number of nitrogens with zero attached hydrogens (tertiary/aromatic N) is 1. The van der Waals surface area contributed by atoms with Gasteiger partial charge in [0, 0.05) is 16.3 Å². The number of Topliss-reactive ketones (excluding diaryl/α,β-unsaturated/α-hetero) is 1. The maximum Gasteiger partial charge on any atom is 0.299 e. The average Bonchev–Trinajstić information content (AvgIpc) is 3.10. The molecular weight excluding hydrogens is 381 g/mol. The monoisotopic (exact) mass is 389 g/mol. The van der Waals surface area contributed by atoms with Crippen molar-refractivity contribution in [2.24, 2.45) is 5.41 Å². The van der Waals surface area contributed by atoms with E-state index in [9.17, 15) is 14.0 Å². The molecule has 0 atom stereocenters. The SMILES string of the molecule is O=C1C(=O)N(CC2(CBr)CC2)c2c(Br)cc(F)cc21. The summed E-state index contributed by atoms with van der Waals surface area (Å²) >= 11 is 6.70. The minimum atomic E-state index is -0.624. The zero-order valence-corrected chi connectivity index (χ0v) is 13.1. The molecule has 1 aliphatic heterocycles. The molecule has 1 aromatic rings. The van der Waals surface area contributed by atoms with Crippen molar-refractivity contribution in [3.63, 3.8) is 0 Å². The number of carbonyl (C=O) groups is 2. The molecule has 3 nitrogen and oxygen atoms in total. The molecule has 100 valence electrons. The number of halogens is 3. The molecule has 0 unspecified atom stereocenters. The van der Waals surface area contributed by atoms with Crippen LogP contribution in [0.2, 0.25) is 0 Å². The van der Waals surface area contributed by atoms with Crippen LogP contribution < -0.4 is 4.90 Å². The summed E-state index contributed by atoms with van der Waals surface area (Å²) < 4.78 is 13.8. The normalized spacial score (nSPS) is 19.8. The summed E-state index contributed by atoms with van der Waals surface area (Å²) in [5.41, 5.74) is 0.719. The molecule has 1 saturated carbocycles. The number of hydrogen-bond donors (Lipinski definition) is 0. The van der Waals surface area contributed by atoms with E-state index in [-0.39, 0.29) is 11.0 Å². The molecule has 0 bridgehead atoms. The van der Waals surface area contributed by atoms with Crippen LogP contribution >= 0.6 is 31.9 Å². The highest BCUT2D eigenvalue weighted by molar-refractivity contribution is 9.10. The van der Waals surface area contributed by atoms with Crippen molar-refractivity contribution in [3.8, 4) is 0 Å². The van der Waals surface area contributed by atoms with Crippen LogP contribution in [0.5, 0.6) is 0 Å². The third kappa shape index (κ3) is 2.05. The Balaban J connectivity index is 2.04. The average molecular weight is 391 g/mol. The number of amides is 1. The Morgan fingerprint density at radius 1 is 1.32 bits per heavy atom. The van der Waals surface area contributed by atoms with Crippen molar-refractivity contribution in [1.29, 1.82) is 0 Å². The molecule has 0 aromatic heterocycles. The molecule has 2 aliphatic rings. The Bertz CT molecular complexity index is 599.